The monoisotopic (exact) mass is 311 g/mol. The first-order chi connectivity index (χ1) is 10.2. The van der Waals surface area contributed by atoms with Crippen LogP contribution in [0.5, 0.6) is 11.5 Å². The number of rotatable bonds is 6. The zero-order valence-electron chi connectivity index (χ0n) is 12.3. The molecule has 2 aromatic rings. The van der Waals surface area contributed by atoms with Crippen molar-refractivity contribution < 1.29 is 19.0 Å². The first kappa shape index (κ1) is 15.5. The molecule has 2 rings (SSSR count). The molecule has 1 aromatic heterocycles. The normalized spacial score (nSPS) is 10.7. The number of carbonyl (C=O) groups is 1. The van der Waals surface area contributed by atoms with E-state index in [9.17, 15) is 4.79 Å². The minimum atomic E-state index is -0.386. The van der Waals surface area contributed by atoms with Crippen molar-refractivity contribution in [2.45, 2.75) is 13.5 Å². The second kappa shape index (κ2) is 6.72. The van der Waals surface area contributed by atoms with Crippen LogP contribution in [0.2, 0.25) is 0 Å². The van der Waals surface area contributed by atoms with Crippen molar-refractivity contribution in [3.05, 3.63) is 23.9 Å². The van der Waals surface area contributed by atoms with Gasteiger partial charge in [0, 0.05) is 17.8 Å². The van der Waals surface area contributed by atoms with Crippen molar-refractivity contribution in [3.8, 4) is 11.5 Å². The van der Waals surface area contributed by atoms with Gasteiger partial charge in [-0.2, -0.15) is 0 Å². The Morgan fingerprint density at radius 1 is 1.24 bits per heavy atom. The van der Waals surface area contributed by atoms with E-state index >= 15 is 0 Å². The second-order valence-corrected chi connectivity index (χ2v) is 4.70. The van der Waals surface area contributed by atoms with Gasteiger partial charge in [-0.05, 0) is 25.1 Å². The molecule has 0 amide bonds. The van der Waals surface area contributed by atoms with Gasteiger partial charge in [0.05, 0.1) is 26.3 Å². The summed E-state index contributed by atoms with van der Waals surface area (Å²) in [5.74, 6) is 1.32. The molecule has 0 atom stereocenters. The van der Waals surface area contributed by atoms with Gasteiger partial charge >= 0.3 is 5.97 Å². The molecule has 0 aliphatic heterocycles. The SMILES string of the molecule is CCOC(=O)c1cc2c(OC)ccc(OC)c2n1CCCl. The van der Waals surface area contributed by atoms with E-state index in [0.717, 1.165) is 10.9 Å². The number of halogens is 1. The van der Waals surface area contributed by atoms with Gasteiger partial charge in [0.15, 0.2) is 0 Å². The number of ether oxygens (including phenoxy) is 3. The molecule has 1 heterocycles. The standard InChI is InChI=1S/C15H18ClNO4/c1-4-21-15(18)11-9-10-12(19-2)5-6-13(20-3)14(10)17(11)8-7-16/h5-6,9H,4,7-8H2,1-3H3. The average molecular weight is 312 g/mol. The highest BCUT2D eigenvalue weighted by Gasteiger charge is 2.21. The lowest BCUT2D eigenvalue weighted by Crippen LogP contribution is -2.13. The molecule has 0 fully saturated rings. The lowest BCUT2D eigenvalue weighted by atomic mass is 10.2. The van der Waals surface area contributed by atoms with Gasteiger partial charge in [-0.1, -0.05) is 0 Å². The number of hydrogen-bond acceptors (Lipinski definition) is 4. The van der Waals surface area contributed by atoms with Crippen molar-refractivity contribution in [1.82, 2.24) is 4.57 Å². The Kier molecular flexibility index (Phi) is 4.96. The summed E-state index contributed by atoms with van der Waals surface area (Å²) in [4.78, 5) is 12.1. The number of hydrogen-bond donors (Lipinski definition) is 0. The van der Waals surface area contributed by atoms with Crippen LogP contribution < -0.4 is 9.47 Å². The Morgan fingerprint density at radius 3 is 2.48 bits per heavy atom. The summed E-state index contributed by atoms with van der Waals surface area (Å²) >= 11 is 5.87. The molecule has 5 nitrogen and oxygen atoms in total. The van der Waals surface area contributed by atoms with Crippen LogP contribution in [0, 0.1) is 0 Å². The molecular formula is C15H18ClNO4. The summed E-state index contributed by atoms with van der Waals surface area (Å²) in [6, 6.07) is 5.36. The van der Waals surface area contributed by atoms with Gasteiger partial charge in [-0.25, -0.2) is 4.79 Å². The number of aryl methyl sites for hydroxylation is 1. The van der Waals surface area contributed by atoms with Gasteiger partial charge in [0.25, 0.3) is 0 Å². The third-order valence-electron chi connectivity index (χ3n) is 3.21. The van der Waals surface area contributed by atoms with Crippen LogP contribution in [0.25, 0.3) is 10.9 Å². The van der Waals surface area contributed by atoms with Gasteiger partial charge in [-0.15, -0.1) is 11.6 Å². The van der Waals surface area contributed by atoms with E-state index in [-0.39, 0.29) is 5.97 Å². The number of fused-ring (bicyclic) bond motifs is 1. The fourth-order valence-corrected chi connectivity index (χ4v) is 2.53. The van der Waals surface area contributed by atoms with Crippen LogP contribution in [-0.2, 0) is 11.3 Å². The summed E-state index contributed by atoms with van der Waals surface area (Å²) < 4.78 is 17.7. The molecule has 0 unspecified atom stereocenters. The Morgan fingerprint density at radius 2 is 1.90 bits per heavy atom. The summed E-state index contributed by atoms with van der Waals surface area (Å²) in [6.45, 7) is 2.56. The van der Waals surface area contributed by atoms with Gasteiger partial charge in [0.1, 0.15) is 17.2 Å². The molecule has 0 N–H and O–H groups in total. The number of methoxy groups -OCH3 is 2. The van der Waals surface area contributed by atoms with Crippen molar-refractivity contribution >= 4 is 28.5 Å². The minimum absolute atomic E-state index is 0.315. The van der Waals surface area contributed by atoms with Crippen molar-refractivity contribution in [3.63, 3.8) is 0 Å². The summed E-state index contributed by atoms with van der Waals surface area (Å²) in [5, 5.41) is 0.796. The molecule has 6 heteroatoms. The summed E-state index contributed by atoms with van der Waals surface area (Å²) in [6.07, 6.45) is 0. The summed E-state index contributed by atoms with van der Waals surface area (Å²) in [7, 11) is 3.17. The molecule has 0 saturated carbocycles. The fourth-order valence-electron chi connectivity index (χ4n) is 2.36. The Labute approximate surface area is 128 Å². The maximum atomic E-state index is 12.1. The van der Waals surface area contributed by atoms with Gasteiger partial charge in [-0.3, -0.25) is 0 Å². The molecule has 1 aromatic carbocycles. The topological polar surface area (TPSA) is 49.7 Å². The number of aromatic nitrogens is 1. The number of benzene rings is 1. The second-order valence-electron chi connectivity index (χ2n) is 4.32. The van der Waals surface area contributed by atoms with Crippen LogP contribution in [0.1, 0.15) is 17.4 Å². The molecule has 0 radical (unpaired) electrons. The first-order valence-electron chi connectivity index (χ1n) is 6.65. The maximum Gasteiger partial charge on any atom is 0.354 e. The van der Waals surface area contributed by atoms with E-state index in [0.29, 0.717) is 36.2 Å². The highest BCUT2D eigenvalue weighted by molar-refractivity contribution is 6.17. The van der Waals surface area contributed by atoms with Gasteiger partial charge in [0.2, 0.25) is 0 Å². The highest BCUT2D eigenvalue weighted by atomic mass is 35.5. The zero-order chi connectivity index (χ0) is 15.4. The molecule has 0 saturated heterocycles. The lowest BCUT2D eigenvalue weighted by Gasteiger charge is -2.11. The van der Waals surface area contributed by atoms with Crippen molar-refractivity contribution in [1.29, 1.82) is 0 Å². The summed E-state index contributed by atoms with van der Waals surface area (Å²) in [5.41, 5.74) is 1.22. The molecule has 0 aliphatic rings. The smallest absolute Gasteiger partial charge is 0.354 e. The van der Waals surface area contributed by atoms with E-state index in [1.807, 2.05) is 4.57 Å². The Balaban J connectivity index is 2.74. The van der Waals surface area contributed by atoms with E-state index in [1.165, 1.54) is 0 Å². The van der Waals surface area contributed by atoms with Crippen LogP contribution in [0.15, 0.2) is 18.2 Å². The predicted molar refractivity (Wildman–Crippen MR) is 81.7 cm³/mol. The van der Waals surface area contributed by atoms with Crippen molar-refractivity contribution in [2.75, 3.05) is 26.7 Å². The van der Waals surface area contributed by atoms with Gasteiger partial charge < -0.3 is 18.8 Å². The highest BCUT2D eigenvalue weighted by Crippen LogP contribution is 2.36. The van der Waals surface area contributed by atoms with Crippen LogP contribution in [0.4, 0.5) is 0 Å². The largest absolute Gasteiger partial charge is 0.496 e. The third-order valence-corrected chi connectivity index (χ3v) is 3.38. The van der Waals surface area contributed by atoms with Crippen LogP contribution in [-0.4, -0.2) is 37.2 Å². The Hall–Kier alpha value is -1.88. The van der Waals surface area contributed by atoms with E-state index in [1.54, 1.807) is 39.3 Å². The van der Waals surface area contributed by atoms with E-state index in [4.69, 9.17) is 25.8 Å². The van der Waals surface area contributed by atoms with Crippen LogP contribution >= 0.6 is 11.6 Å². The number of alkyl halides is 1. The van der Waals surface area contributed by atoms with Crippen molar-refractivity contribution in [2.24, 2.45) is 0 Å². The Bertz CT molecular complexity index is 651. The maximum absolute atomic E-state index is 12.1. The molecule has 0 bridgehead atoms. The molecule has 0 spiro atoms. The zero-order valence-corrected chi connectivity index (χ0v) is 13.1. The van der Waals surface area contributed by atoms with Crippen LogP contribution in [0.3, 0.4) is 0 Å². The number of carbonyl (C=O) groups excluding carboxylic acids is 1. The van der Waals surface area contributed by atoms with E-state index < -0.39 is 0 Å². The number of nitrogens with zero attached hydrogens (tertiary/aromatic N) is 1. The third kappa shape index (κ3) is 2.78. The molecular weight excluding hydrogens is 294 g/mol. The van der Waals surface area contributed by atoms with E-state index in [2.05, 4.69) is 0 Å². The molecule has 21 heavy (non-hydrogen) atoms. The fraction of sp³-hybridized carbons (Fsp3) is 0.400. The molecule has 0 aliphatic carbocycles. The predicted octanol–water partition coefficient (Wildman–Crippen LogP) is 3.07. The average Bonchev–Trinajstić information content (AvgIpc) is 2.87. The number of esters is 1. The lowest BCUT2D eigenvalue weighted by molar-refractivity contribution is 0.0514. The minimum Gasteiger partial charge on any atom is -0.496 e. The first-order valence-corrected chi connectivity index (χ1v) is 7.18. The molecule has 114 valence electrons. The quantitative estimate of drug-likeness (QED) is 0.607.